The Labute approximate surface area is 112 Å². The molecule has 0 saturated heterocycles. The van der Waals surface area contributed by atoms with Crippen LogP contribution in [-0.2, 0) is 0 Å². The molecule has 98 valence electrons. The Kier molecular flexibility index (Phi) is 6.14. The van der Waals surface area contributed by atoms with Crippen molar-refractivity contribution >= 4 is 24.7 Å². The maximum atomic E-state index is 12.6. The Balaban J connectivity index is 5.02. The monoisotopic (exact) mass is 306 g/mol. The second-order valence-electron chi connectivity index (χ2n) is 5.07. The van der Waals surface area contributed by atoms with Gasteiger partial charge in [-0.2, -0.15) is 0 Å². The molecule has 6 heteroatoms. The van der Waals surface area contributed by atoms with Crippen molar-refractivity contribution in [2.45, 2.75) is 65.2 Å². The molecule has 0 aromatic rings. The van der Waals surface area contributed by atoms with Gasteiger partial charge in [-0.05, 0) is 0 Å². The van der Waals surface area contributed by atoms with Gasteiger partial charge in [0, 0.05) is 0 Å². The van der Waals surface area contributed by atoms with E-state index in [2.05, 4.69) is 4.99 Å². The molecule has 0 aliphatic carbocycles. The summed E-state index contributed by atoms with van der Waals surface area (Å²) in [6.07, 6.45) is -2.83. The van der Waals surface area contributed by atoms with Gasteiger partial charge in [0.1, 0.15) is 0 Å². The third kappa shape index (κ3) is 6.40. The van der Waals surface area contributed by atoms with Gasteiger partial charge < -0.3 is 0 Å². The van der Waals surface area contributed by atoms with Crippen molar-refractivity contribution in [3.8, 4) is 0 Å². The van der Waals surface area contributed by atoms with E-state index in [9.17, 15) is 13.2 Å². The van der Waals surface area contributed by atoms with Crippen molar-refractivity contribution in [3.05, 3.63) is 0 Å². The molecule has 0 aliphatic rings. The Hall–Kier alpha value is -0.104. The number of halogens is 3. The molecule has 0 rings (SSSR count). The number of aliphatic imine (C=N–C) groups is 1. The van der Waals surface area contributed by atoms with E-state index in [4.69, 9.17) is 0 Å². The Bertz CT molecular complexity index is 269. The molecule has 0 aromatic heterocycles. The van der Waals surface area contributed by atoms with Crippen molar-refractivity contribution in [1.82, 2.24) is 3.61 Å². The first kappa shape index (κ1) is 16.9. The zero-order chi connectivity index (χ0) is 13.9. The van der Waals surface area contributed by atoms with Crippen LogP contribution < -0.4 is 0 Å². The zero-order valence-corrected chi connectivity index (χ0v) is 13.5. The molecule has 2 nitrogen and oxygen atoms in total. The van der Waals surface area contributed by atoms with Crippen molar-refractivity contribution in [2.24, 2.45) is 4.99 Å². The maximum absolute atomic E-state index is 12.6. The fourth-order valence-corrected chi connectivity index (χ4v) is 1.98. The van der Waals surface area contributed by atoms with E-state index in [1.165, 1.54) is 10.5 Å². The quantitative estimate of drug-likeness (QED) is 0.444. The Morgan fingerprint density at radius 1 is 1.29 bits per heavy atom. The minimum atomic E-state index is -4.21. The predicted octanol–water partition coefficient (Wildman–Crippen LogP) is 3.32. The molecule has 0 N–H and O–H groups in total. The van der Waals surface area contributed by atoms with Crippen LogP contribution in [0.5, 0.6) is 0 Å². The van der Waals surface area contributed by atoms with Crippen LogP contribution in [0.15, 0.2) is 4.99 Å². The topological polar surface area (TPSA) is 15.6 Å². The normalized spacial score (nSPS) is 15.9. The van der Waals surface area contributed by atoms with Crippen LogP contribution in [0.3, 0.4) is 0 Å². The van der Waals surface area contributed by atoms with Gasteiger partial charge in [-0.25, -0.2) is 0 Å². The summed E-state index contributed by atoms with van der Waals surface area (Å²) in [5.74, 6) is 0.546. The van der Waals surface area contributed by atoms with Gasteiger partial charge in [0.25, 0.3) is 0 Å². The van der Waals surface area contributed by atoms with Crippen molar-refractivity contribution < 1.29 is 13.2 Å². The molecule has 0 saturated carbocycles. The predicted molar refractivity (Wildman–Crippen MR) is 65.2 cm³/mol. The third-order valence-corrected chi connectivity index (χ3v) is 3.69. The van der Waals surface area contributed by atoms with E-state index in [1.807, 2.05) is 27.7 Å². The molecule has 0 amide bonds. The summed E-state index contributed by atoms with van der Waals surface area (Å²) in [6.45, 7) is 8.79. The van der Waals surface area contributed by atoms with E-state index >= 15 is 0 Å². The first-order chi connectivity index (χ1) is 7.49. The molecule has 0 bridgehead atoms. The first-order valence-corrected chi connectivity index (χ1v) is 6.76. The average Bonchev–Trinajstić information content (AvgIpc) is 2.11. The second-order valence-corrected chi connectivity index (χ2v) is 6.24. The van der Waals surface area contributed by atoms with Crippen LogP contribution in [0, 0.1) is 0 Å². The fraction of sp³-hybridized carbons (Fsp3) is 0.909. The number of rotatable bonds is 3. The SMILES string of the molecule is CCCC(=NC(C)(C)C)[N]([Ga])C(C)C(F)(F)F. The summed E-state index contributed by atoms with van der Waals surface area (Å²) in [5.41, 5.74) is -0.347. The van der Waals surface area contributed by atoms with Crippen LogP contribution in [-0.4, -0.2) is 46.0 Å². The van der Waals surface area contributed by atoms with E-state index in [0.29, 0.717) is 12.3 Å². The fourth-order valence-electron chi connectivity index (χ4n) is 1.23. The van der Waals surface area contributed by atoms with Crippen LogP contribution in [0.1, 0.15) is 47.5 Å². The number of alkyl halides is 3. The summed E-state index contributed by atoms with van der Waals surface area (Å²) >= 11 is 0.948. The molecule has 1 atom stereocenters. The summed E-state index contributed by atoms with van der Waals surface area (Å²) in [6, 6.07) is -1.48. The Morgan fingerprint density at radius 3 is 2.06 bits per heavy atom. The molecule has 0 fully saturated rings. The zero-order valence-electron chi connectivity index (χ0n) is 11.1. The molecule has 0 spiro atoms. The molecular formula is C11H20F3GaN2. The van der Waals surface area contributed by atoms with E-state index < -0.39 is 12.2 Å². The van der Waals surface area contributed by atoms with Crippen LogP contribution in [0.4, 0.5) is 13.2 Å². The summed E-state index contributed by atoms with van der Waals surface area (Å²) in [5, 5.41) is 0. The van der Waals surface area contributed by atoms with Gasteiger partial charge >= 0.3 is 112 Å². The first-order valence-electron chi connectivity index (χ1n) is 5.68. The van der Waals surface area contributed by atoms with Gasteiger partial charge in [0.15, 0.2) is 0 Å². The van der Waals surface area contributed by atoms with Gasteiger partial charge in [0.2, 0.25) is 0 Å². The van der Waals surface area contributed by atoms with E-state index in [-0.39, 0.29) is 5.54 Å². The van der Waals surface area contributed by atoms with Gasteiger partial charge in [-0.3, -0.25) is 0 Å². The standard InChI is InChI=1S/C11H20F3N2.Ga/c1-6-7-9(16-10(3,4)5)15-8(2)11(12,13)14;/h8H,6-7H2,1-5H3;/q-1;+1. The summed E-state index contributed by atoms with van der Waals surface area (Å²) in [7, 11) is 0. The molecule has 0 aromatic carbocycles. The number of hydrogen-bond acceptors (Lipinski definition) is 1. The average molecular weight is 307 g/mol. The minimum absolute atomic E-state index is 0.347. The molecule has 1 unspecified atom stereocenters. The van der Waals surface area contributed by atoms with Crippen molar-refractivity contribution in [3.63, 3.8) is 0 Å². The van der Waals surface area contributed by atoms with Gasteiger partial charge in [0.05, 0.1) is 0 Å². The Morgan fingerprint density at radius 2 is 1.76 bits per heavy atom. The second kappa shape index (κ2) is 6.18. The molecule has 0 heterocycles. The molecule has 0 aliphatic heterocycles. The molecular weight excluding hydrogens is 287 g/mol. The van der Waals surface area contributed by atoms with E-state index in [1.54, 1.807) is 0 Å². The summed E-state index contributed by atoms with van der Waals surface area (Å²) in [4.78, 5) is 4.39. The van der Waals surface area contributed by atoms with Gasteiger partial charge in [-0.1, -0.05) is 0 Å². The van der Waals surface area contributed by atoms with E-state index in [0.717, 1.165) is 25.3 Å². The molecule has 17 heavy (non-hydrogen) atoms. The van der Waals surface area contributed by atoms with Crippen molar-refractivity contribution in [1.29, 1.82) is 0 Å². The number of amidine groups is 1. The van der Waals surface area contributed by atoms with Crippen LogP contribution in [0.2, 0.25) is 0 Å². The third-order valence-electron chi connectivity index (χ3n) is 2.13. The van der Waals surface area contributed by atoms with Crippen LogP contribution >= 0.6 is 0 Å². The van der Waals surface area contributed by atoms with Gasteiger partial charge in [-0.15, -0.1) is 0 Å². The number of nitrogens with zero attached hydrogens (tertiary/aromatic N) is 2. The molecule has 2 radical (unpaired) electrons. The van der Waals surface area contributed by atoms with Crippen molar-refractivity contribution in [2.75, 3.05) is 0 Å². The summed E-state index contributed by atoms with van der Waals surface area (Å²) < 4.78 is 39.2. The van der Waals surface area contributed by atoms with Crippen LogP contribution in [0.25, 0.3) is 0 Å². The number of hydrogen-bond donors (Lipinski definition) is 0.